The van der Waals surface area contributed by atoms with Crippen LogP contribution in [0.15, 0.2) is 17.8 Å². The molecule has 1 unspecified atom stereocenters. The van der Waals surface area contributed by atoms with E-state index in [9.17, 15) is 0 Å². The molecule has 1 N–H and O–H groups in total. The minimum absolute atomic E-state index is 0.579. The highest BCUT2D eigenvalue weighted by Crippen LogP contribution is 2.27. The summed E-state index contributed by atoms with van der Waals surface area (Å²) in [4.78, 5) is 8.55. The van der Waals surface area contributed by atoms with Gasteiger partial charge in [0.2, 0.25) is 0 Å². The second-order valence-electron chi connectivity index (χ2n) is 3.56. The van der Waals surface area contributed by atoms with Gasteiger partial charge in [-0.05, 0) is 23.6 Å². The summed E-state index contributed by atoms with van der Waals surface area (Å²) in [5.74, 6) is 3.45. The Morgan fingerprint density at radius 1 is 1.40 bits per heavy atom. The summed E-state index contributed by atoms with van der Waals surface area (Å²) in [5.41, 5.74) is 1.04. The maximum atomic E-state index is 4.32. The number of fused-ring (bicyclic) bond motifs is 1. The first kappa shape index (κ1) is 9.42. The molecule has 1 fully saturated rings. The van der Waals surface area contributed by atoms with Gasteiger partial charge in [0.05, 0.1) is 10.2 Å². The molecule has 2 aromatic rings. The second kappa shape index (κ2) is 3.98. The lowest BCUT2D eigenvalue weighted by Crippen LogP contribution is -2.18. The Hall–Kier alpha value is -0.810. The van der Waals surface area contributed by atoms with Crippen molar-refractivity contribution >= 4 is 39.1 Å². The molecule has 5 heteroatoms. The minimum atomic E-state index is 0.579. The summed E-state index contributed by atoms with van der Waals surface area (Å²) >= 11 is 3.71. The van der Waals surface area contributed by atoms with E-state index in [1.54, 1.807) is 17.7 Å². The average molecular weight is 237 g/mol. The molecule has 15 heavy (non-hydrogen) atoms. The molecular weight excluding hydrogens is 226 g/mol. The molecule has 1 saturated heterocycles. The first-order chi connectivity index (χ1) is 7.43. The number of anilines is 1. The Balaban J connectivity index is 1.92. The van der Waals surface area contributed by atoms with Crippen molar-refractivity contribution in [1.29, 1.82) is 0 Å². The van der Waals surface area contributed by atoms with Gasteiger partial charge in [0, 0.05) is 11.8 Å². The van der Waals surface area contributed by atoms with Gasteiger partial charge in [0.25, 0.3) is 0 Å². The van der Waals surface area contributed by atoms with E-state index in [1.165, 1.54) is 22.6 Å². The van der Waals surface area contributed by atoms with Crippen LogP contribution in [0, 0.1) is 0 Å². The standard InChI is InChI=1S/C10H11N3S2/c1-3-14-5-7(1)13-10-9-8(2-4-15-9)11-6-12-10/h2,4,6-7H,1,3,5H2,(H,11,12,13). The summed E-state index contributed by atoms with van der Waals surface area (Å²) in [5, 5.41) is 5.57. The molecule has 0 amide bonds. The third-order valence-corrected chi connectivity index (χ3v) is 4.59. The van der Waals surface area contributed by atoms with E-state index >= 15 is 0 Å². The predicted octanol–water partition coefficient (Wildman–Crippen LogP) is 2.61. The predicted molar refractivity (Wildman–Crippen MR) is 66.8 cm³/mol. The van der Waals surface area contributed by atoms with Crippen molar-refractivity contribution in [3.8, 4) is 0 Å². The SMILES string of the molecule is c1nc(NC2CCSC2)c2sccc2n1. The number of rotatable bonds is 2. The fourth-order valence-electron chi connectivity index (χ4n) is 1.73. The largest absolute Gasteiger partial charge is 0.365 e. The number of thiophene rings is 1. The molecule has 1 atom stereocenters. The monoisotopic (exact) mass is 237 g/mol. The van der Waals surface area contributed by atoms with Gasteiger partial charge in [0.15, 0.2) is 0 Å². The zero-order valence-electron chi connectivity index (χ0n) is 8.14. The molecule has 0 aliphatic carbocycles. The molecule has 3 nitrogen and oxygen atoms in total. The number of nitrogens with zero attached hydrogens (tertiary/aromatic N) is 2. The molecule has 2 aromatic heterocycles. The van der Waals surface area contributed by atoms with E-state index < -0.39 is 0 Å². The topological polar surface area (TPSA) is 37.8 Å². The van der Waals surface area contributed by atoms with Crippen molar-refractivity contribution in [2.45, 2.75) is 12.5 Å². The van der Waals surface area contributed by atoms with Gasteiger partial charge in [-0.15, -0.1) is 11.3 Å². The molecule has 0 aromatic carbocycles. The molecule has 0 spiro atoms. The summed E-state index contributed by atoms with van der Waals surface area (Å²) in [6, 6.07) is 2.62. The zero-order chi connectivity index (χ0) is 10.1. The van der Waals surface area contributed by atoms with Crippen LogP contribution >= 0.6 is 23.1 Å². The highest BCUT2D eigenvalue weighted by Gasteiger charge is 2.16. The molecular formula is C10H11N3S2. The van der Waals surface area contributed by atoms with Crippen molar-refractivity contribution in [2.75, 3.05) is 16.8 Å². The van der Waals surface area contributed by atoms with Crippen LogP contribution in [0.3, 0.4) is 0 Å². The lowest BCUT2D eigenvalue weighted by Gasteiger charge is -2.11. The Morgan fingerprint density at radius 2 is 2.40 bits per heavy atom. The average Bonchev–Trinajstić information content (AvgIpc) is 2.87. The highest BCUT2D eigenvalue weighted by atomic mass is 32.2. The van der Waals surface area contributed by atoms with Crippen LogP contribution in [0.2, 0.25) is 0 Å². The van der Waals surface area contributed by atoms with Crippen molar-refractivity contribution in [3.63, 3.8) is 0 Å². The fraction of sp³-hybridized carbons (Fsp3) is 0.400. The van der Waals surface area contributed by atoms with Crippen LogP contribution in [-0.4, -0.2) is 27.5 Å². The molecule has 3 rings (SSSR count). The molecule has 1 aliphatic rings. The maximum absolute atomic E-state index is 4.32. The van der Waals surface area contributed by atoms with E-state index in [2.05, 4.69) is 20.7 Å². The lowest BCUT2D eigenvalue weighted by atomic mass is 10.2. The van der Waals surface area contributed by atoms with Gasteiger partial charge in [-0.2, -0.15) is 11.8 Å². The Kier molecular flexibility index (Phi) is 2.50. The number of nitrogens with one attached hydrogen (secondary N) is 1. The van der Waals surface area contributed by atoms with Gasteiger partial charge < -0.3 is 5.32 Å². The van der Waals surface area contributed by atoms with Gasteiger partial charge in [-0.3, -0.25) is 0 Å². The van der Waals surface area contributed by atoms with E-state index in [-0.39, 0.29) is 0 Å². The van der Waals surface area contributed by atoms with Crippen LogP contribution in [0.4, 0.5) is 5.82 Å². The van der Waals surface area contributed by atoms with Crippen molar-refractivity contribution in [1.82, 2.24) is 9.97 Å². The van der Waals surface area contributed by atoms with E-state index in [0.717, 1.165) is 11.3 Å². The fourth-order valence-corrected chi connectivity index (χ4v) is 3.68. The number of thioether (sulfide) groups is 1. The third-order valence-electron chi connectivity index (χ3n) is 2.51. The smallest absolute Gasteiger partial charge is 0.147 e. The van der Waals surface area contributed by atoms with Crippen LogP contribution in [0.1, 0.15) is 6.42 Å². The normalized spacial score (nSPS) is 20.9. The highest BCUT2D eigenvalue weighted by molar-refractivity contribution is 7.99. The van der Waals surface area contributed by atoms with Crippen LogP contribution in [0.5, 0.6) is 0 Å². The van der Waals surface area contributed by atoms with Crippen LogP contribution < -0.4 is 5.32 Å². The Morgan fingerprint density at radius 3 is 3.27 bits per heavy atom. The molecule has 0 saturated carbocycles. The maximum Gasteiger partial charge on any atom is 0.147 e. The summed E-state index contributed by atoms with van der Waals surface area (Å²) < 4.78 is 1.18. The summed E-state index contributed by atoms with van der Waals surface area (Å²) in [6.45, 7) is 0. The molecule has 78 valence electrons. The van der Waals surface area contributed by atoms with Gasteiger partial charge in [-0.25, -0.2) is 9.97 Å². The summed E-state index contributed by atoms with van der Waals surface area (Å²) in [7, 11) is 0. The van der Waals surface area contributed by atoms with E-state index in [4.69, 9.17) is 0 Å². The van der Waals surface area contributed by atoms with Crippen molar-refractivity contribution in [3.05, 3.63) is 17.8 Å². The third kappa shape index (κ3) is 1.81. The summed E-state index contributed by atoms with van der Waals surface area (Å²) in [6.07, 6.45) is 2.88. The second-order valence-corrected chi connectivity index (χ2v) is 5.63. The number of aromatic nitrogens is 2. The van der Waals surface area contributed by atoms with Gasteiger partial charge >= 0.3 is 0 Å². The van der Waals surface area contributed by atoms with Crippen molar-refractivity contribution in [2.24, 2.45) is 0 Å². The zero-order valence-corrected chi connectivity index (χ0v) is 9.77. The minimum Gasteiger partial charge on any atom is -0.365 e. The molecule has 1 aliphatic heterocycles. The number of hydrogen-bond donors (Lipinski definition) is 1. The first-order valence-corrected chi connectivity index (χ1v) is 6.99. The molecule has 0 bridgehead atoms. The Labute approximate surface area is 96.3 Å². The van der Waals surface area contributed by atoms with Gasteiger partial charge in [0.1, 0.15) is 12.1 Å². The van der Waals surface area contributed by atoms with Gasteiger partial charge in [-0.1, -0.05) is 0 Å². The van der Waals surface area contributed by atoms with E-state index in [0.29, 0.717) is 6.04 Å². The molecule has 0 radical (unpaired) electrons. The Bertz CT molecular complexity index is 462. The van der Waals surface area contributed by atoms with Crippen molar-refractivity contribution < 1.29 is 0 Å². The molecule has 3 heterocycles. The number of hydrogen-bond acceptors (Lipinski definition) is 5. The lowest BCUT2D eigenvalue weighted by molar-refractivity contribution is 0.808. The quantitative estimate of drug-likeness (QED) is 0.871. The van der Waals surface area contributed by atoms with E-state index in [1.807, 2.05) is 17.8 Å². The van der Waals surface area contributed by atoms with Crippen LogP contribution in [-0.2, 0) is 0 Å². The first-order valence-electron chi connectivity index (χ1n) is 4.96. The van der Waals surface area contributed by atoms with Crippen LogP contribution in [0.25, 0.3) is 10.2 Å².